The van der Waals surface area contributed by atoms with Gasteiger partial charge in [-0.25, -0.2) is 15.0 Å². The van der Waals surface area contributed by atoms with Crippen molar-refractivity contribution in [2.24, 2.45) is 16.7 Å². The van der Waals surface area contributed by atoms with Gasteiger partial charge in [-0.05, 0) is 124 Å². The van der Waals surface area contributed by atoms with Gasteiger partial charge in [0.1, 0.15) is 5.82 Å². The Labute approximate surface area is 472 Å². The van der Waals surface area contributed by atoms with Crippen LogP contribution in [0.25, 0.3) is 10.2 Å². The predicted octanol–water partition coefficient (Wildman–Crippen LogP) is 20.1. The van der Waals surface area contributed by atoms with E-state index in [0.29, 0.717) is 10.8 Å². The highest BCUT2D eigenvalue weighted by Gasteiger charge is 2.31. The number of hydrogen-bond acceptors (Lipinski definition) is 6. The highest BCUT2D eigenvalue weighted by atomic mass is 32.1. The molecule has 7 heteroatoms. The van der Waals surface area contributed by atoms with Gasteiger partial charge < -0.3 is 0 Å². The molecule has 0 spiro atoms. The normalized spacial score (nSPS) is 13.8. The van der Waals surface area contributed by atoms with Gasteiger partial charge >= 0.3 is 0 Å². The van der Waals surface area contributed by atoms with Gasteiger partial charge in [-0.1, -0.05) is 230 Å². The Morgan fingerprint density at radius 1 is 0.434 bits per heavy atom. The van der Waals surface area contributed by atoms with Gasteiger partial charge in [0.15, 0.2) is 0 Å². The lowest BCUT2D eigenvalue weighted by molar-refractivity contribution is 0.251. The Hall–Kier alpha value is -4.23. The van der Waals surface area contributed by atoms with E-state index in [1.54, 1.807) is 11.1 Å². The van der Waals surface area contributed by atoms with Crippen LogP contribution in [0.2, 0.25) is 0 Å². The molecular formula is C69H112N6S. The summed E-state index contributed by atoms with van der Waals surface area (Å²) in [7, 11) is 0. The maximum absolute atomic E-state index is 4.78. The van der Waals surface area contributed by atoms with Gasteiger partial charge in [0.05, 0.1) is 27.0 Å². The van der Waals surface area contributed by atoms with E-state index in [9.17, 15) is 0 Å². The van der Waals surface area contributed by atoms with Gasteiger partial charge in [0.2, 0.25) is 0 Å². The second kappa shape index (κ2) is 25.3. The summed E-state index contributed by atoms with van der Waals surface area (Å²) in [5.41, 5.74) is 12.7. The maximum atomic E-state index is 4.78. The van der Waals surface area contributed by atoms with E-state index < -0.39 is 0 Å². The van der Waals surface area contributed by atoms with Crippen LogP contribution in [0.3, 0.4) is 0 Å². The van der Waals surface area contributed by atoms with Crippen LogP contribution >= 0.6 is 11.3 Å². The first-order chi connectivity index (χ1) is 33.9. The van der Waals surface area contributed by atoms with Crippen LogP contribution in [0.5, 0.6) is 0 Å². The van der Waals surface area contributed by atoms with E-state index in [2.05, 4.69) is 295 Å². The monoisotopic (exact) mass is 1060 g/mol. The smallest absolute Gasteiger partial charge is 0.133 e. The summed E-state index contributed by atoms with van der Waals surface area (Å²) in [5, 5.41) is 5.59. The lowest BCUT2D eigenvalue weighted by Gasteiger charge is -2.26. The fourth-order valence-corrected chi connectivity index (χ4v) is 8.35. The number of nitrogens with zero attached hydrogens (tertiary/aromatic N) is 6. The van der Waals surface area contributed by atoms with Crippen molar-refractivity contribution >= 4 is 21.6 Å². The second-order valence-electron chi connectivity index (χ2n) is 32.3. The molecule has 0 saturated carbocycles. The highest BCUT2D eigenvalue weighted by Crippen LogP contribution is 2.38. The Bertz CT molecular complexity index is 2460. The first kappa shape index (κ1) is 67.9. The Balaban J connectivity index is 0.000000319. The minimum absolute atomic E-state index is 0.0381. The van der Waals surface area contributed by atoms with Crippen molar-refractivity contribution in [1.82, 2.24) is 29.7 Å². The third-order valence-corrected chi connectivity index (χ3v) is 14.4. The van der Waals surface area contributed by atoms with Gasteiger partial charge in [-0.3, -0.25) is 9.67 Å². The highest BCUT2D eigenvalue weighted by molar-refractivity contribution is 7.18. The van der Waals surface area contributed by atoms with Crippen LogP contribution in [0.1, 0.15) is 265 Å². The van der Waals surface area contributed by atoms with Crippen molar-refractivity contribution in [1.29, 1.82) is 0 Å². The van der Waals surface area contributed by atoms with Gasteiger partial charge in [-0.2, -0.15) is 5.10 Å². The van der Waals surface area contributed by atoms with Gasteiger partial charge in [0, 0.05) is 46.7 Å². The summed E-state index contributed by atoms with van der Waals surface area (Å²) < 4.78 is 3.32. The lowest BCUT2D eigenvalue weighted by atomic mass is 9.79. The van der Waals surface area contributed by atoms with Crippen LogP contribution in [-0.4, -0.2) is 29.7 Å². The minimum Gasteiger partial charge on any atom is -0.267 e. The molecule has 424 valence electrons. The van der Waals surface area contributed by atoms with Crippen molar-refractivity contribution in [3.05, 3.63) is 135 Å². The molecule has 4 aromatic heterocycles. The largest absolute Gasteiger partial charge is 0.267 e. The Morgan fingerprint density at radius 3 is 1.20 bits per heavy atom. The zero-order chi connectivity index (χ0) is 59.1. The Kier molecular flexibility index (Phi) is 22.6. The summed E-state index contributed by atoms with van der Waals surface area (Å²) >= 11 is 1.81. The van der Waals surface area contributed by atoms with Gasteiger partial charge in [0.25, 0.3) is 0 Å². The van der Waals surface area contributed by atoms with Crippen molar-refractivity contribution < 1.29 is 0 Å². The first-order valence-corrected chi connectivity index (χ1v) is 29.0. The first-order valence-electron chi connectivity index (χ1n) is 28.2. The molecule has 7 rings (SSSR count). The molecule has 2 aromatic carbocycles. The standard InChI is InChI=1S/C15H21NS.C13H21N.C13H18.C12H20N2.C11H20N2.C5H12/c1-14(2,3)10-7-8-12-11(9-10)16-13(17-12)15(4,5)6;1-12(2,3)10-7-8-11(14-9-10)13(4,5)6;1-13(2,3)12-8-10-6-4-5-7-11(10)9-12;1-11(2,3)9-7-13-10(14-8-9)12(4,5)6;1-10(2,3)9-7-12-13(8-9)11(4,5)6;1-5(2,3)4/h7-9H,1-6H3;7-9H,1-6H3;4-7,12H,8-9H2,1-3H3;7-8H,1-6H3;7-8H,1-6H3;1-4H3. The zero-order valence-electron chi connectivity index (χ0n) is 54.7. The Morgan fingerprint density at radius 2 is 0.868 bits per heavy atom. The lowest BCUT2D eigenvalue weighted by Crippen LogP contribution is -2.22. The number of hydrogen-bond donors (Lipinski definition) is 0. The zero-order valence-corrected chi connectivity index (χ0v) is 55.5. The van der Waals surface area contributed by atoms with E-state index in [-0.39, 0.29) is 43.4 Å². The summed E-state index contributed by atoms with van der Waals surface area (Å²) in [6.45, 7) is 68.3. The van der Waals surface area contributed by atoms with Crippen molar-refractivity contribution in [3.63, 3.8) is 0 Å². The summed E-state index contributed by atoms with van der Waals surface area (Å²) in [6, 6.07) is 19.9. The summed E-state index contributed by atoms with van der Waals surface area (Å²) in [4.78, 5) is 18.1. The van der Waals surface area contributed by atoms with Crippen LogP contribution in [0.4, 0.5) is 0 Å². The maximum Gasteiger partial charge on any atom is 0.133 e. The molecule has 1 aliphatic carbocycles. The minimum atomic E-state index is 0.0381. The second-order valence-corrected chi connectivity index (χ2v) is 33.3. The third kappa shape index (κ3) is 23.4. The fourth-order valence-electron chi connectivity index (χ4n) is 7.35. The molecule has 0 fully saturated rings. The molecule has 0 radical (unpaired) electrons. The molecule has 76 heavy (non-hydrogen) atoms. The molecular weight excluding hydrogens is 945 g/mol. The molecule has 6 aromatic rings. The summed E-state index contributed by atoms with van der Waals surface area (Å²) in [6.07, 6.45) is 12.5. The van der Waals surface area contributed by atoms with Crippen LogP contribution in [0, 0.1) is 16.7 Å². The van der Waals surface area contributed by atoms with E-state index in [0.717, 1.165) is 23.0 Å². The molecule has 0 aliphatic heterocycles. The number of thiazole rings is 1. The van der Waals surface area contributed by atoms with Crippen molar-refractivity contribution in [2.45, 2.75) is 271 Å². The molecule has 4 heterocycles. The molecule has 0 atom stereocenters. The summed E-state index contributed by atoms with van der Waals surface area (Å²) in [5.74, 6) is 1.75. The number of rotatable bonds is 0. The molecule has 1 aliphatic rings. The number of aromatic nitrogens is 6. The average Bonchev–Trinajstić information content (AvgIpc) is 4.02. The number of pyridine rings is 1. The molecule has 0 unspecified atom stereocenters. The van der Waals surface area contributed by atoms with Crippen molar-refractivity contribution in [2.75, 3.05) is 0 Å². The van der Waals surface area contributed by atoms with E-state index in [1.165, 1.54) is 44.8 Å². The van der Waals surface area contributed by atoms with E-state index >= 15 is 0 Å². The molecule has 0 amide bonds. The number of benzene rings is 2. The third-order valence-electron chi connectivity index (χ3n) is 12.9. The molecule has 0 N–H and O–H groups in total. The topological polar surface area (TPSA) is 69.4 Å². The quantitative estimate of drug-likeness (QED) is 0.152. The molecule has 0 bridgehead atoms. The molecule has 6 nitrogen and oxygen atoms in total. The van der Waals surface area contributed by atoms with E-state index in [4.69, 9.17) is 4.98 Å². The van der Waals surface area contributed by atoms with E-state index in [1.807, 2.05) is 40.8 Å². The van der Waals surface area contributed by atoms with Gasteiger partial charge in [-0.15, -0.1) is 11.3 Å². The van der Waals surface area contributed by atoms with Crippen LogP contribution < -0.4 is 0 Å². The predicted molar refractivity (Wildman–Crippen MR) is 336 cm³/mol. The van der Waals surface area contributed by atoms with Crippen LogP contribution in [-0.2, 0) is 56.3 Å². The SMILES string of the molecule is CC(C)(C)C.CC(C)(C)C1Cc2ccccc2C1.CC(C)(C)c1ccc(C(C)(C)C)nc1.CC(C)(C)c1ccc2sc(C(C)(C)C)nc2c1.CC(C)(C)c1cnc(C(C)(C)C)nc1.CC(C)(C)c1cnn(C(C)(C)C)c1. The van der Waals surface area contributed by atoms with Crippen molar-refractivity contribution in [3.8, 4) is 0 Å². The number of fused-ring (bicyclic) bond motifs is 2. The average molecular weight is 1060 g/mol. The molecule has 0 saturated heterocycles. The van der Waals surface area contributed by atoms with Crippen LogP contribution in [0.15, 0.2) is 85.6 Å². The fraction of sp³-hybridized carbons (Fsp3) is 0.638.